The Kier molecular flexibility index (Phi) is 5.48. The van der Waals surface area contributed by atoms with E-state index in [0.717, 1.165) is 42.4 Å². The first-order chi connectivity index (χ1) is 15.1. The van der Waals surface area contributed by atoms with Gasteiger partial charge in [-0.2, -0.15) is 4.98 Å². The van der Waals surface area contributed by atoms with Crippen LogP contribution >= 0.6 is 23.8 Å². The molecule has 0 saturated carbocycles. The molecule has 0 spiro atoms. The highest BCUT2D eigenvalue weighted by molar-refractivity contribution is 7.80. The summed E-state index contributed by atoms with van der Waals surface area (Å²) in [5, 5.41) is 6.97. The molecule has 0 fully saturated rings. The minimum absolute atomic E-state index is 0.253. The van der Waals surface area contributed by atoms with Gasteiger partial charge in [0.05, 0.1) is 0 Å². The van der Waals surface area contributed by atoms with E-state index in [4.69, 9.17) is 33.3 Å². The summed E-state index contributed by atoms with van der Waals surface area (Å²) in [6.07, 6.45) is 0.968. The van der Waals surface area contributed by atoms with Crippen LogP contribution in [0.1, 0.15) is 16.7 Å². The van der Waals surface area contributed by atoms with Crippen molar-refractivity contribution in [2.24, 2.45) is 0 Å². The van der Waals surface area contributed by atoms with Gasteiger partial charge >= 0.3 is 0 Å². The molecule has 3 aromatic rings. The average Bonchev–Trinajstić information content (AvgIpc) is 3.25. The van der Waals surface area contributed by atoms with Crippen LogP contribution in [0.3, 0.4) is 0 Å². The third kappa shape index (κ3) is 4.50. The summed E-state index contributed by atoms with van der Waals surface area (Å²) < 4.78 is 10.7. The van der Waals surface area contributed by atoms with Crippen LogP contribution in [0, 0.1) is 0 Å². The van der Waals surface area contributed by atoms with E-state index in [-0.39, 0.29) is 6.79 Å². The van der Waals surface area contributed by atoms with Crippen LogP contribution in [-0.4, -0.2) is 28.4 Å². The van der Waals surface area contributed by atoms with Crippen molar-refractivity contribution in [3.8, 4) is 11.5 Å². The van der Waals surface area contributed by atoms with Crippen molar-refractivity contribution in [3.05, 3.63) is 70.4 Å². The van der Waals surface area contributed by atoms with Gasteiger partial charge in [-0.05, 0) is 47.5 Å². The molecule has 0 saturated heterocycles. The normalized spacial score (nSPS) is 14.2. The second kappa shape index (κ2) is 8.56. The lowest BCUT2D eigenvalue weighted by Gasteiger charge is -2.30. The number of benzene rings is 2. The highest BCUT2D eigenvalue weighted by atomic mass is 35.5. The topological polar surface area (TPSA) is 71.5 Å². The first-order valence-electron chi connectivity index (χ1n) is 9.94. The molecule has 7 nitrogen and oxygen atoms in total. The zero-order valence-corrected chi connectivity index (χ0v) is 18.2. The largest absolute Gasteiger partial charge is 0.454 e. The molecule has 0 atom stereocenters. The molecule has 0 radical (unpaired) electrons. The number of nitrogens with one attached hydrogen (secondary N) is 2. The number of hydrogen-bond acceptors (Lipinski definition) is 6. The van der Waals surface area contributed by atoms with Gasteiger partial charge in [-0.1, -0.05) is 41.9 Å². The Morgan fingerprint density at radius 1 is 1.06 bits per heavy atom. The Morgan fingerprint density at radius 3 is 2.81 bits per heavy atom. The fourth-order valence-corrected chi connectivity index (χ4v) is 4.04. The van der Waals surface area contributed by atoms with Crippen molar-refractivity contribution in [1.82, 2.24) is 15.3 Å². The van der Waals surface area contributed by atoms with Crippen molar-refractivity contribution in [3.63, 3.8) is 0 Å². The predicted octanol–water partition coefficient (Wildman–Crippen LogP) is 3.91. The molecule has 0 bridgehead atoms. The lowest BCUT2D eigenvalue weighted by Crippen LogP contribution is -2.32. The van der Waals surface area contributed by atoms with Gasteiger partial charge in [0.2, 0.25) is 12.7 Å². The van der Waals surface area contributed by atoms with Gasteiger partial charge < -0.3 is 25.0 Å². The number of hydrogen-bond donors (Lipinski definition) is 2. The summed E-state index contributed by atoms with van der Waals surface area (Å²) in [4.78, 5) is 11.1. The quantitative estimate of drug-likeness (QED) is 0.455. The van der Waals surface area contributed by atoms with Crippen LogP contribution in [0.4, 0.5) is 11.8 Å². The lowest BCUT2D eigenvalue weighted by molar-refractivity contribution is 0.174. The maximum Gasteiger partial charge on any atom is 0.232 e. The summed E-state index contributed by atoms with van der Waals surface area (Å²) >= 11 is 11.7. The minimum atomic E-state index is 0.253. The summed E-state index contributed by atoms with van der Waals surface area (Å²) in [5.74, 6) is 2.63. The summed E-state index contributed by atoms with van der Waals surface area (Å²) in [5.41, 5.74) is 3.71. The molecule has 2 aromatic carbocycles. The number of anilines is 2. The zero-order valence-electron chi connectivity index (χ0n) is 16.6. The molecule has 9 heteroatoms. The second-order valence-electron chi connectivity index (χ2n) is 7.31. The number of nitrogens with zero attached hydrogens (tertiary/aromatic N) is 3. The molecular weight excluding hydrogens is 434 g/mol. The molecule has 2 aliphatic rings. The third-order valence-corrected chi connectivity index (χ3v) is 5.69. The van der Waals surface area contributed by atoms with Gasteiger partial charge in [0, 0.05) is 25.7 Å². The number of aromatic nitrogens is 2. The van der Waals surface area contributed by atoms with Crippen LogP contribution in [0.5, 0.6) is 11.5 Å². The van der Waals surface area contributed by atoms with Crippen LogP contribution < -0.4 is 25.0 Å². The summed E-state index contributed by atoms with van der Waals surface area (Å²) in [7, 11) is 0. The number of thiocarbonyl (C=S) groups is 1. The third-order valence-electron chi connectivity index (χ3n) is 5.25. The molecule has 5 rings (SSSR count). The van der Waals surface area contributed by atoms with Crippen molar-refractivity contribution in [2.45, 2.75) is 19.5 Å². The summed E-state index contributed by atoms with van der Waals surface area (Å²) in [6, 6.07) is 16.0. The number of rotatable bonds is 4. The standard InChI is InChI=1S/C22H20ClN5O2S/c23-19-10-20(28-8-7-15-3-1-2-4-16(15)12-28)26-21(25-19)27-22(31)24-11-14-5-6-17-18(9-14)30-13-29-17/h1-6,9-10H,7-8,11-13H2,(H2,24,25,26,27,31). The van der Waals surface area contributed by atoms with E-state index in [0.29, 0.717) is 22.8 Å². The number of ether oxygens (including phenoxy) is 2. The lowest BCUT2D eigenvalue weighted by atomic mass is 10.00. The van der Waals surface area contributed by atoms with Gasteiger partial charge in [0.1, 0.15) is 11.0 Å². The molecule has 2 aliphatic heterocycles. The number of fused-ring (bicyclic) bond motifs is 2. The molecule has 2 N–H and O–H groups in total. The zero-order chi connectivity index (χ0) is 21.2. The van der Waals surface area contributed by atoms with Crippen molar-refractivity contribution in [1.29, 1.82) is 0 Å². The predicted molar refractivity (Wildman–Crippen MR) is 124 cm³/mol. The Bertz CT molecular complexity index is 1140. The van der Waals surface area contributed by atoms with Gasteiger partial charge in [-0.15, -0.1) is 0 Å². The van der Waals surface area contributed by atoms with Crippen LogP contribution in [-0.2, 0) is 19.5 Å². The van der Waals surface area contributed by atoms with Gasteiger partial charge in [-0.3, -0.25) is 0 Å². The van der Waals surface area contributed by atoms with Crippen LogP contribution in [0.2, 0.25) is 5.15 Å². The Labute approximate surface area is 190 Å². The maximum atomic E-state index is 6.27. The maximum absolute atomic E-state index is 6.27. The Morgan fingerprint density at radius 2 is 1.90 bits per heavy atom. The molecule has 0 amide bonds. The molecule has 31 heavy (non-hydrogen) atoms. The highest BCUT2D eigenvalue weighted by Gasteiger charge is 2.19. The number of halogens is 1. The average molecular weight is 454 g/mol. The van der Waals surface area contributed by atoms with E-state index in [9.17, 15) is 0 Å². The monoisotopic (exact) mass is 453 g/mol. The highest BCUT2D eigenvalue weighted by Crippen LogP contribution is 2.32. The van der Waals surface area contributed by atoms with Crippen LogP contribution in [0.25, 0.3) is 0 Å². The van der Waals surface area contributed by atoms with Gasteiger partial charge in [0.15, 0.2) is 16.6 Å². The fourth-order valence-electron chi connectivity index (χ4n) is 3.69. The fraction of sp³-hybridized carbons (Fsp3) is 0.227. The van der Waals surface area contributed by atoms with Crippen LogP contribution in [0.15, 0.2) is 48.5 Å². The molecular formula is C22H20ClN5O2S. The van der Waals surface area contributed by atoms with E-state index in [1.807, 2.05) is 18.2 Å². The van der Waals surface area contributed by atoms with Crippen molar-refractivity contribution >= 4 is 40.7 Å². The molecule has 0 aliphatic carbocycles. The summed E-state index contributed by atoms with van der Waals surface area (Å²) in [6.45, 7) is 2.44. The Balaban J connectivity index is 1.23. The van der Waals surface area contributed by atoms with E-state index in [1.54, 1.807) is 6.07 Å². The smallest absolute Gasteiger partial charge is 0.232 e. The first-order valence-corrected chi connectivity index (χ1v) is 10.7. The molecule has 158 valence electrons. The molecule has 1 aromatic heterocycles. The minimum Gasteiger partial charge on any atom is -0.454 e. The van der Waals surface area contributed by atoms with Crippen molar-refractivity contribution in [2.75, 3.05) is 23.6 Å². The van der Waals surface area contributed by atoms with Crippen molar-refractivity contribution < 1.29 is 9.47 Å². The van der Waals surface area contributed by atoms with Gasteiger partial charge in [-0.25, -0.2) is 4.98 Å². The van der Waals surface area contributed by atoms with E-state index < -0.39 is 0 Å². The SMILES string of the molecule is S=C(NCc1ccc2c(c1)OCO2)Nc1nc(Cl)cc(N2CCc3ccccc3C2)n1. The Hall–Kier alpha value is -3.10. The van der Waals surface area contributed by atoms with E-state index in [2.05, 4.69) is 49.8 Å². The first kappa shape index (κ1) is 19.8. The van der Waals surface area contributed by atoms with Gasteiger partial charge in [0.25, 0.3) is 0 Å². The van der Waals surface area contributed by atoms with E-state index in [1.165, 1.54) is 11.1 Å². The molecule has 0 unspecified atom stereocenters. The molecule has 3 heterocycles. The second-order valence-corrected chi connectivity index (χ2v) is 8.10. The van der Waals surface area contributed by atoms with E-state index >= 15 is 0 Å².